The molecule has 3 amide bonds. The van der Waals surface area contributed by atoms with E-state index in [1.54, 1.807) is 12.1 Å². The second-order valence-corrected chi connectivity index (χ2v) is 9.42. The van der Waals surface area contributed by atoms with Crippen molar-refractivity contribution in [2.45, 2.75) is 38.6 Å². The van der Waals surface area contributed by atoms with Gasteiger partial charge >= 0.3 is 6.09 Å². The first-order chi connectivity index (χ1) is 17.2. The molecule has 36 heavy (non-hydrogen) atoms. The van der Waals surface area contributed by atoms with Crippen molar-refractivity contribution in [3.63, 3.8) is 0 Å². The number of nitrogens with two attached hydrogens (primary N) is 1. The predicted molar refractivity (Wildman–Crippen MR) is 130 cm³/mol. The normalized spacial score (nSPS) is 24.5. The van der Waals surface area contributed by atoms with Crippen LogP contribution < -0.4 is 16.0 Å². The fourth-order valence-corrected chi connectivity index (χ4v) is 4.66. The average Bonchev–Trinajstić information content (AvgIpc) is 3.38. The van der Waals surface area contributed by atoms with E-state index in [2.05, 4.69) is 17.1 Å². The van der Waals surface area contributed by atoms with Gasteiger partial charge in [-0.05, 0) is 36.1 Å². The first-order valence-electron chi connectivity index (χ1n) is 12.0. The van der Waals surface area contributed by atoms with Crippen LogP contribution in [0.15, 0.2) is 54.6 Å². The van der Waals surface area contributed by atoms with Crippen LogP contribution in [0.1, 0.15) is 31.0 Å². The van der Waals surface area contributed by atoms with E-state index >= 15 is 0 Å². The minimum Gasteiger partial charge on any atom is -0.441 e. The Morgan fingerprint density at radius 3 is 2.53 bits per heavy atom. The lowest BCUT2D eigenvalue weighted by Crippen LogP contribution is -2.41. The number of amides is 3. The largest absolute Gasteiger partial charge is 0.441 e. The number of hydrogen-bond donors (Lipinski definition) is 2. The molecule has 2 aliphatic heterocycles. The van der Waals surface area contributed by atoms with Gasteiger partial charge in [0, 0.05) is 18.8 Å². The number of hydrogen-bond acceptors (Lipinski definition) is 6. The number of nitrogens with one attached hydrogen (secondary N) is 1. The van der Waals surface area contributed by atoms with Crippen molar-refractivity contribution in [2.24, 2.45) is 17.6 Å². The van der Waals surface area contributed by atoms with Crippen LogP contribution in [0.5, 0.6) is 0 Å². The van der Waals surface area contributed by atoms with Crippen molar-refractivity contribution in [1.29, 1.82) is 0 Å². The number of primary amides is 1. The Labute approximate surface area is 209 Å². The van der Waals surface area contributed by atoms with E-state index in [1.807, 2.05) is 42.5 Å². The highest BCUT2D eigenvalue weighted by atomic mass is 19.2. The zero-order valence-electron chi connectivity index (χ0n) is 20.3. The first-order valence-corrected chi connectivity index (χ1v) is 12.0. The summed E-state index contributed by atoms with van der Waals surface area (Å²) in [6.45, 7) is 5.29. The molecule has 2 aliphatic rings. The van der Waals surface area contributed by atoms with Crippen molar-refractivity contribution in [2.75, 3.05) is 24.6 Å². The average molecular weight is 499 g/mol. The van der Waals surface area contributed by atoms with Crippen LogP contribution in [0.2, 0.25) is 0 Å². The number of nitrogens with zero attached hydrogens (tertiary/aromatic N) is 2. The first kappa shape index (κ1) is 25.4. The van der Waals surface area contributed by atoms with Gasteiger partial charge in [0.1, 0.15) is 18.8 Å². The number of anilines is 1. The summed E-state index contributed by atoms with van der Waals surface area (Å²) in [5.41, 5.74) is 7.76. The van der Waals surface area contributed by atoms with Gasteiger partial charge in [0.05, 0.1) is 18.6 Å². The van der Waals surface area contributed by atoms with Gasteiger partial charge in [-0.15, -0.1) is 5.12 Å². The van der Waals surface area contributed by atoms with E-state index in [4.69, 9.17) is 15.2 Å². The molecule has 0 radical (unpaired) electrons. The molecule has 192 valence electrons. The molecule has 2 aromatic carbocycles. The molecule has 2 fully saturated rings. The third-order valence-corrected chi connectivity index (χ3v) is 6.81. The Balaban J connectivity index is 1.33. The maximum atomic E-state index is 14.5. The van der Waals surface area contributed by atoms with E-state index in [1.165, 1.54) is 6.92 Å². The van der Waals surface area contributed by atoms with Crippen LogP contribution in [-0.2, 0) is 25.7 Å². The topological polar surface area (TPSA) is 114 Å². The predicted octanol–water partition coefficient (Wildman–Crippen LogP) is 2.71. The molecule has 0 saturated carbocycles. The van der Waals surface area contributed by atoms with E-state index in [0.717, 1.165) is 17.8 Å². The summed E-state index contributed by atoms with van der Waals surface area (Å²) in [7, 11) is 0. The van der Waals surface area contributed by atoms with Crippen molar-refractivity contribution in [1.82, 2.24) is 10.4 Å². The van der Waals surface area contributed by atoms with Crippen LogP contribution in [0, 0.1) is 11.8 Å². The van der Waals surface area contributed by atoms with Gasteiger partial charge in [0.25, 0.3) is 0 Å². The highest BCUT2D eigenvalue weighted by Gasteiger charge is 2.48. The van der Waals surface area contributed by atoms with Gasteiger partial charge < -0.3 is 25.4 Å². The Bertz CT molecular complexity index is 1080. The van der Waals surface area contributed by atoms with Gasteiger partial charge in [0.15, 0.2) is 0 Å². The summed E-state index contributed by atoms with van der Waals surface area (Å²) in [4.78, 5) is 37.9. The molecule has 9 nitrogen and oxygen atoms in total. The summed E-state index contributed by atoms with van der Waals surface area (Å²) in [5.74, 6) is -1.47. The molecule has 0 spiro atoms. The minimum atomic E-state index is -1.14. The highest BCUT2D eigenvalue weighted by Crippen LogP contribution is 2.38. The molecule has 10 heteroatoms. The maximum absolute atomic E-state index is 14.5. The number of carbonyl (C=O) groups excluding carboxylic acids is 3. The van der Waals surface area contributed by atoms with Crippen LogP contribution in [0.3, 0.4) is 0 Å². The maximum Gasteiger partial charge on any atom is 0.439 e. The smallest absolute Gasteiger partial charge is 0.439 e. The van der Waals surface area contributed by atoms with E-state index in [0.29, 0.717) is 18.7 Å². The molecule has 0 bridgehead atoms. The Hall–Kier alpha value is -3.66. The number of halogens is 1. The molecule has 4 rings (SSSR count). The van der Waals surface area contributed by atoms with Crippen molar-refractivity contribution in [3.8, 4) is 0 Å². The van der Waals surface area contributed by atoms with Gasteiger partial charge in [0.2, 0.25) is 11.8 Å². The molecule has 2 aromatic rings. The zero-order chi connectivity index (χ0) is 25.8. The van der Waals surface area contributed by atoms with E-state index < -0.39 is 30.1 Å². The summed E-state index contributed by atoms with van der Waals surface area (Å²) in [5, 5.41) is 3.05. The Kier molecular flexibility index (Phi) is 7.73. The number of ether oxygens (including phenoxy) is 2. The van der Waals surface area contributed by atoms with Crippen molar-refractivity contribution in [3.05, 3.63) is 65.7 Å². The second kappa shape index (κ2) is 10.9. The number of cyclic esters (lactones) is 1. The molecular weight excluding hydrogens is 467 g/mol. The van der Waals surface area contributed by atoms with E-state index in [-0.39, 0.29) is 29.6 Å². The highest BCUT2D eigenvalue weighted by molar-refractivity contribution is 5.79. The van der Waals surface area contributed by atoms with Crippen LogP contribution >= 0.6 is 0 Å². The fourth-order valence-electron chi connectivity index (χ4n) is 4.66. The number of rotatable bonds is 9. The molecule has 3 N–H and O–H groups in total. The molecule has 5 atom stereocenters. The zero-order valence-corrected chi connectivity index (χ0v) is 20.3. The van der Waals surface area contributed by atoms with Gasteiger partial charge in [-0.25, -0.2) is 4.79 Å². The third-order valence-electron chi connectivity index (χ3n) is 6.81. The standard InChI is InChI=1S/C26H31FN4O5/c1-16-12-30(13-21(16)29-22(32)15-35-14-18-6-4-3-5-7-18)20-10-8-19(9-11-20)23-24(17(2)25(28)33)36-26(34)31(23)27/h3-11,16-17,21,23-24H,12-15H2,1-2H3,(H2,28,33)(H,29,32). The molecule has 2 saturated heterocycles. The quantitative estimate of drug-likeness (QED) is 0.514. The molecular formula is C26H31FN4O5. The summed E-state index contributed by atoms with van der Waals surface area (Å²) in [6, 6.07) is 15.7. The van der Waals surface area contributed by atoms with Crippen LogP contribution in [-0.4, -0.2) is 54.9 Å². The molecule has 2 heterocycles. The fraction of sp³-hybridized carbons (Fsp3) is 0.423. The Morgan fingerprint density at radius 2 is 1.86 bits per heavy atom. The monoisotopic (exact) mass is 498 g/mol. The summed E-state index contributed by atoms with van der Waals surface area (Å²) < 4.78 is 25.1. The van der Waals surface area contributed by atoms with E-state index in [9.17, 15) is 18.9 Å². The summed E-state index contributed by atoms with van der Waals surface area (Å²) >= 11 is 0. The molecule has 5 unspecified atom stereocenters. The van der Waals surface area contributed by atoms with Gasteiger partial charge in [-0.2, -0.15) is 0 Å². The van der Waals surface area contributed by atoms with Crippen LogP contribution in [0.25, 0.3) is 0 Å². The lowest BCUT2D eigenvalue weighted by atomic mass is 9.92. The lowest BCUT2D eigenvalue weighted by Gasteiger charge is -2.23. The van der Waals surface area contributed by atoms with Gasteiger partial charge in [-0.3, -0.25) is 9.59 Å². The van der Waals surface area contributed by atoms with Crippen molar-refractivity contribution < 1.29 is 28.3 Å². The lowest BCUT2D eigenvalue weighted by molar-refractivity contribution is -0.127. The molecule has 0 aliphatic carbocycles. The number of benzene rings is 2. The van der Waals surface area contributed by atoms with Crippen molar-refractivity contribution >= 4 is 23.6 Å². The summed E-state index contributed by atoms with van der Waals surface area (Å²) in [6.07, 6.45) is -2.15. The Morgan fingerprint density at radius 1 is 1.17 bits per heavy atom. The van der Waals surface area contributed by atoms with Gasteiger partial charge in [-0.1, -0.05) is 53.9 Å². The minimum absolute atomic E-state index is 0.00245. The number of carbonyl (C=O) groups is 3. The SMILES string of the molecule is CC1CN(c2ccc(C3C(C(C)C(N)=O)OC(=O)N3F)cc2)CC1NC(=O)COCc1ccccc1. The van der Waals surface area contributed by atoms with Crippen LogP contribution in [0.4, 0.5) is 15.0 Å². The molecule has 0 aromatic heterocycles. The third kappa shape index (κ3) is 5.59. The second-order valence-electron chi connectivity index (χ2n) is 9.42.